The molecule has 1 aliphatic heterocycles. The van der Waals surface area contributed by atoms with Gasteiger partial charge in [0.1, 0.15) is 54.1 Å². The first-order valence-electron chi connectivity index (χ1n) is 21.2. The fourth-order valence-electron chi connectivity index (χ4n) is 6.66. The molecule has 18 N–H and O–H groups in total. The van der Waals surface area contributed by atoms with E-state index in [0.717, 1.165) is 0 Å². The van der Waals surface area contributed by atoms with Crippen molar-refractivity contribution in [2.45, 2.75) is 114 Å². The van der Waals surface area contributed by atoms with E-state index in [0.29, 0.717) is 12.0 Å². The highest BCUT2D eigenvalue weighted by molar-refractivity contribution is 7.80. The van der Waals surface area contributed by atoms with E-state index in [-0.39, 0.29) is 62.6 Å². The zero-order valence-corrected chi connectivity index (χ0v) is 38.9. The molecule has 1 heterocycles. The molecule has 0 unspecified atom stereocenters. The molecule has 66 heavy (non-hydrogen) atoms. The molecule has 0 bridgehead atoms. The molecule has 1 fully saturated rings. The van der Waals surface area contributed by atoms with Crippen LogP contribution >= 0.6 is 25.3 Å². The number of benzene rings is 1. The summed E-state index contributed by atoms with van der Waals surface area (Å²) in [6.07, 6.45) is -0.434. The van der Waals surface area contributed by atoms with E-state index in [2.05, 4.69) is 62.5 Å². The number of hydrogen-bond donors (Lipinski definition) is 15. The second-order valence-electron chi connectivity index (χ2n) is 16.0. The second-order valence-corrected chi connectivity index (χ2v) is 16.8. The highest BCUT2D eigenvalue weighted by Gasteiger charge is 2.40. The van der Waals surface area contributed by atoms with Crippen LogP contribution in [0.3, 0.4) is 0 Å². The average Bonchev–Trinajstić information content (AvgIpc) is 3.76. The Morgan fingerprint density at radius 3 is 1.73 bits per heavy atom. The summed E-state index contributed by atoms with van der Waals surface area (Å²) in [5.74, 6) is -9.26. The van der Waals surface area contributed by atoms with Crippen LogP contribution in [-0.4, -0.2) is 155 Å². The first-order chi connectivity index (χ1) is 31.1. The third-order valence-electron chi connectivity index (χ3n) is 10.4. The predicted octanol–water partition coefficient (Wildman–Crippen LogP) is -5.76. The minimum atomic E-state index is -1.69. The number of aromatic hydroxyl groups is 1. The predicted molar refractivity (Wildman–Crippen MR) is 247 cm³/mol. The summed E-state index contributed by atoms with van der Waals surface area (Å²) in [5.41, 5.74) is 28.5. The molecule has 2 rings (SSSR count). The molecule has 0 aromatic heterocycles. The number of amides is 10. The van der Waals surface area contributed by atoms with Crippen LogP contribution in [0.5, 0.6) is 5.75 Å². The van der Waals surface area contributed by atoms with Crippen LogP contribution in [0.15, 0.2) is 24.3 Å². The number of phenols is 1. The van der Waals surface area contributed by atoms with Crippen LogP contribution in [0.4, 0.5) is 0 Å². The number of thiol groups is 2. The number of primary amides is 2. The first kappa shape index (κ1) is 56.4. The Morgan fingerprint density at radius 1 is 0.682 bits per heavy atom. The minimum Gasteiger partial charge on any atom is -0.508 e. The van der Waals surface area contributed by atoms with Gasteiger partial charge in [0.15, 0.2) is 0 Å². The zero-order chi connectivity index (χ0) is 49.8. The van der Waals surface area contributed by atoms with E-state index in [4.69, 9.17) is 28.7 Å². The van der Waals surface area contributed by atoms with Gasteiger partial charge >= 0.3 is 0 Å². The van der Waals surface area contributed by atoms with E-state index in [1.54, 1.807) is 26.0 Å². The van der Waals surface area contributed by atoms with Crippen molar-refractivity contribution < 1.29 is 53.1 Å². The van der Waals surface area contributed by atoms with Crippen molar-refractivity contribution in [2.24, 2.45) is 34.6 Å². The lowest BCUT2D eigenvalue weighted by atomic mass is 10.00. The Morgan fingerprint density at radius 2 is 1.20 bits per heavy atom. The molecule has 10 amide bonds. The zero-order valence-electron chi connectivity index (χ0n) is 37.1. The summed E-state index contributed by atoms with van der Waals surface area (Å²) in [4.78, 5) is 133. The third-order valence-corrected chi connectivity index (χ3v) is 11.2. The normalized spacial score (nSPS) is 17.0. The maximum Gasteiger partial charge on any atom is 0.246 e. The summed E-state index contributed by atoms with van der Waals surface area (Å²) < 4.78 is 0. The van der Waals surface area contributed by atoms with Crippen molar-refractivity contribution in [1.82, 2.24) is 42.1 Å². The highest BCUT2D eigenvalue weighted by atomic mass is 32.1. The molecule has 368 valence electrons. The van der Waals surface area contributed by atoms with Gasteiger partial charge in [-0.3, -0.25) is 47.9 Å². The van der Waals surface area contributed by atoms with Crippen molar-refractivity contribution in [3.63, 3.8) is 0 Å². The monoisotopic (exact) mass is 967 g/mol. The quantitative estimate of drug-likeness (QED) is 0.0366. The van der Waals surface area contributed by atoms with Gasteiger partial charge in [0, 0.05) is 24.5 Å². The van der Waals surface area contributed by atoms with Gasteiger partial charge in [-0.25, -0.2) is 0 Å². The first-order valence-corrected chi connectivity index (χ1v) is 22.5. The third kappa shape index (κ3) is 17.6. The highest BCUT2D eigenvalue weighted by Crippen LogP contribution is 2.20. The molecular formula is C40H65N13O11S2. The summed E-state index contributed by atoms with van der Waals surface area (Å²) in [7, 11) is 0. The van der Waals surface area contributed by atoms with Gasteiger partial charge in [-0.1, -0.05) is 26.0 Å². The molecule has 0 spiro atoms. The van der Waals surface area contributed by atoms with Gasteiger partial charge in [-0.2, -0.15) is 25.3 Å². The maximum atomic E-state index is 13.8. The number of nitrogens with zero attached hydrogens (tertiary/aromatic N) is 1. The van der Waals surface area contributed by atoms with Crippen molar-refractivity contribution in [2.75, 3.05) is 31.1 Å². The van der Waals surface area contributed by atoms with Gasteiger partial charge in [0.2, 0.25) is 59.1 Å². The Kier molecular flexibility index (Phi) is 23.7. The molecule has 24 nitrogen and oxygen atoms in total. The molecule has 1 aliphatic rings. The van der Waals surface area contributed by atoms with Crippen molar-refractivity contribution in [1.29, 1.82) is 0 Å². The lowest BCUT2D eigenvalue weighted by Crippen LogP contribution is -2.61. The van der Waals surface area contributed by atoms with Crippen molar-refractivity contribution >= 4 is 84.3 Å². The van der Waals surface area contributed by atoms with Crippen LogP contribution in [0.2, 0.25) is 0 Å². The molecule has 1 aromatic carbocycles. The fourth-order valence-corrected chi connectivity index (χ4v) is 7.07. The number of carbonyl (C=O) groups is 10. The van der Waals surface area contributed by atoms with Gasteiger partial charge in [0.25, 0.3) is 0 Å². The van der Waals surface area contributed by atoms with Crippen LogP contribution < -0.4 is 65.9 Å². The topological polar surface area (TPSA) is 408 Å². The van der Waals surface area contributed by atoms with E-state index in [1.165, 1.54) is 24.0 Å². The average molecular weight is 968 g/mol. The number of nitrogens with two attached hydrogens (primary N) is 5. The van der Waals surface area contributed by atoms with E-state index in [1.807, 2.05) is 0 Å². The lowest BCUT2D eigenvalue weighted by Gasteiger charge is -2.30. The van der Waals surface area contributed by atoms with Gasteiger partial charge in [0.05, 0.1) is 12.5 Å². The molecule has 0 radical (unpaired) electrons. The van der Waals surface area contributed by atoms with Crippen LogP contribution in [0.1, 0.15) is 58.4 Å². The van der Waals surface area contributed by atoms with Gasteiger partial charge < -0.3 is 75.9 Å². The molecule has 0 aliphatic carbocycles. The smallest absolute Gasteiger partial charge is 0.246 e. The summed E-state index contributed by atoms with van der Waals surface area (Å²) in [5, 5.41) is 27.2. The van der Waals surface area contributed by atoms with Crippen molar-refractivity contribution in [3.8, 4) is 5.75 Å². The largest absolute Gasteiger partial charge is 0.508 e. The maximum absolute atomic E-state index is 13.8. The SMILES string of the molecule is CC(C)[C@H](NC(=O)[C@H](Cc1ccc(O)cc1)NC(=O)[C@@H](N)CS)C(=O)N[C@@H](CCN)C(=O)N[C@@H](CC(N)=O)C(=O)N[C@@H](CS)C(=O)N1CCC[C@H]1C(=O)N[C@@H](CCN)C(=O)N[C@@H](C)C(N)=O. The number of carbonyl (C=O) groups excluding carboxylic acids is 10. The Hall–Kier alpha value is -5.70. The number of nitrogens with one attached hydrogen (secondary N) is 7. The number of rotatable bonds is 27. The second kappa shape index (κ2) is 27.7. The molecule has 0 saturated carbocycles. The molecule has 9 atom stereocenters. The summed E-state index contributed by atoms with van der Waals surface area (Å²) in [6, 6.07) is -5.54. The Bertz CT molecular complexity index is 1890. The molecular weight excluding hydrogens is 903 g/mol. The summed E-state index contributed by atoms with van der Waals surface area (Å²) >= 11 is 8.26. The number of phenolic OH excluding ortho intramolecular Hbond substituents is 1. The van der Waals surface area contributed by atoms with E-state index < -0.39 is 126 Å². The molecule has 26 heteroatoms. The van der Waals surface area contributed by atoms with Crippen LogP contribution in [-0.2, 0) is 54.4 Å². The van der Waals surface area contributed by atoms with Gasteiger partial charge in [-0.05, 0) is 69.3 Å². The Balaban J connectivity index is 2.25. The molecule has 1 saturated heterocycles. The minimum absolute atomic E-state index is 0.00576. The van der Waals surface area contributed by atoms with Crippen LogP contribution in [0.25, 0.3) is 0 Å². The van der Waals surface area contributed by atoms with Gasteiger partial charge in [-0.15, -0.1) is 0 Å². The van der Waals surface area contributed by atoms with E-state index >= 15 is 0 Å². The van der Waals surface area contributed by atoms with E-state index in [9.17, 15) is 53.1 Å². The number of likely N-dealkylation sites (tertiary alicyclic amines) is 1. The summed E-state index contributed by atoms with van der Waals surface area (Å²) in [6.45, 7) is 4.51. The lowest BCUT2D eigenvalue weighted by molar-refractivity contribution is -0.142. The van der Waals surface area contributed by atoms with Crippen molar-refractivity contribution in [3.05, 3.63) is 29.8 Å². The molecule has 1 aromatic rings. The Labute approximate surface area is 393 Å². The number of hydrogen-bond acceptors (Lipinski definition) is 16. The fraction of sp³-hybridized carbons (Fsp3) is 0.600. The standard InChI is InChI=1S/C40H65N13O11S2/c1-19(2)31(52-37(61)26(49-33(57)23(43)17-65)15-21-6-8-22(54)9-7-21)39(63)48-25(11-13-42)35(59)50-27(16-30(44)55)36(60)51-28(18-66)40(64)53-14-4-5-29(53)38(62)47-24(10-12-41)34(58)46-20(3)32(45)56/h6-9,19-20,23-29,31,54,65-66H,4-5,10-18,41-43H2,1-3H3,(H2,44,55)(H2,45,56)(H,46,58)(H,47,62)(H,48,63)(H,49,57)(H,50,59)(H,51,60)(H,52,61)/t20-,23-,24-,25-,26-,27-,28-,29-,31-/m0/s1. The van der Waals surface area contributed by atoms with Crippen LogP contribution in [0, 0.1) is 5.92 Å².